The van der Waals surface area contributed by atoms with Gasteiger partial charge in [0, 0.05) is 18.7 Å². The van der Waals surface area contributed by atoms with Gasteiger partial charge in [0.15, 0.2) is 5.65 Å². The highest BCUT2D eigenvalue weighted by Crippen LogP contribution is 2.39. The Morgan fingerprint density at radius 2 is 1.60 bits per heavy atom. The molecule has 1 atom stereocenters. The Kier molecular flexibility index (Phi) is 6.91. The molecule has 5 aromatic rings. The van der Waals surface area contributed by atoms with E-state index in [2.05, 4.69) is 9.71 Å². The van der Waals surface area contributed by atoms with E-state index in [9.17, 15) is 26.9 Å². The van der Waals surface area contributed by atoms with Crippen LogP contribution in [0.5, 0.6) is 0 Å². The highest BCUT2D eigenvalue weighted by atomic mass is 32.2. The summed E-state index contributed by atoms with van der Waals surface area (Å²) in [6, 6.07) is 17.5. The van der Waals surface area contributed by atoms with Crippen LogP contribution in [0, 0.1) is 17.0 Å². The molecule has 0 saturated carbocycles. The molecule has 0 amide bonds. The topological polar surface area (TPSA) is 163 Å². The van der Waals surface area contributed by atoms with E-state index in [0.717, 1.165) is 36.2 Å². The van der Waals surface area contributed by atoms with E-state index in [-0.39, 0.29) is 50.0 Å². The van der Waals surface area contributed by atoms with Gasteiger partial charge in [-0.3, -0.25) is 14.8 Å². The van der Waals surface area contributed by atoms with Crippen molar-refractivity contribution >= 4 is 53.6 Å². The first-order chi connectivity index (χ1) is 20.0. The van der Waals surface area contributed by atoms with Crippen LogP contribution in [-0.4, -0.2) is 49.0 Å². The number of sulfonamides is 1. The molecule has 1 N–H and O–H groups in total. The van der Waals surface area contributed by atoms with Gasteiger partial charge in [0.1, 0.15) is 16.2 Å². The van der Waals surface area contributed by atoms with Crippen molar-refractivity contribution in [2.45, 2.75) is 47.1 Å². The first-order valence-electron chi connectivity index (χ1n) is 13.0. The van der Waals surface area contributed by atoms with Crippen LogP contribution < -0.4 is 4.72 Å². The van der Waals surface area contributed by atoms with E-state index in [1.165, 1.54) is 16.7 Å². The Morgan fingerprint density at radius 3 is 2.21 bits per heavy atom. The van der Waals surface area contributed by atoms with Crippen LogP contribution in [0.1, 0.15) is 18.4 Å². The van der Waals surface area contributed by atoms with Gasteiger partial charge in [-0.25, -0.2) is 26.8 Å². The molecule has 1 saturated heterocycles. The second kappa shape index (κ2) is 10.5. The number of sulfone groups is 1. The van der Waals surface area contributed by atoms with Gasteiger partial charge in [-0.05, 0) is 56.2 Å². The molecule has 3 aromatic carbocycles. The lowest BCUT2D eigenvalue weighted by Crippen LogP contribution is -2.21. The van der Waals surface area contributed by atoms with Crippen LogP contribution in [0.2, 0.25) is 0 Å². The maximum atomic E-state index is 14.3. The number of fused-ring (bicyclic) bond motifs is 2. The van der Waals surface area contributed by atoms with Gasteiger partial charge in [0.25, 0.3) is 15.7 Å². The Balaban J connectivity index is 1.63. The van der Waals surface area contributed by atoms with Gasteiger partial charge in [-0.15, -0.1) is 0 Å². The van der Waals surface area contributed by atoms with Gasteiger partial charge >= 0.3 is 0 Å². The Morgan fingerprint density at radius 1 is 0.952 bits per heavy atom. The summed E-state index contributed by atoms with van der Waals surface area (Å²) in [6.45, 7) is 2.47. The number of benzene rings is 3. The summed E-state index contributed by atoms with van der Waals surface area (Å²) < 4.78 is 65.7. The standard InChI is InChI=1S/C28H25N5O7S2/c1-18-8-12-21(13-9-18)41(36,37)26-25-27(30-24-7-3-2-6-23(24)29-25)32(17-20-5-4-16-40-20)28(26)31-42(38,39)22-14-10-19(11-15-22)33(34)35/h2-3,6-15,20,31H,4-5,16-17H2,1H3/t20-/m0/s1. The average molecular weight is 608 g/mol. The number of nitro benzene ring substituents is 1. The van der Waals surface area contributed by atoms with Crippen LogP contribution in [0.15, 0.2) is 87.5 Å². The molecule has 14 heteroatoms. The molecular formula is C28H25N5O7S2. The lowest BCUT2D eigenvalue weighted by Gasteiger charge is -2.17. The van der Waals surface area contributed by atoms with Crippen molar-refractivity contribution in [1.29, 1.82) is 0 Å². The lowest BCUT2D eigenvalue weighted by molar-refractivity contribution is -0.384. The number of anilines is 1. The average Bonchev–Trinajstić information content (AvgIpc) is 3.58. The summed E-state index contributed by atoms with van der Waals surface area (Å²) in [5.74, 6) is -0.241. The number of nitro groups is 1. The predicted molar refractivity (Wildman–Crippen MR) is 155 cm³/mol. The molecule has 0 unspecified atom stereocenters. The fourth-order valence-electron chi connectivity index (χ4n) is 4.97. The molecule has 0 spiro atoms. The fourth-order valence-corrected chi connectivity index (χ4v) is 7.65. The first kappa shape index (κ1) is 27.8. The Labute approximate surface area is 241 Å². The van der Waals surface area contributed by atoms with Gasteiger partial charge in [-0.2, -0.15) is 0 Å². The van der Waals surface area contributed by atoms with Gasteiger partial charge in [0.2, 0.25) is 9.84 Å². The van der Waals surface area contributed by atoms with E-state index in [0.29, 0.717) is 24.1 Å². The SMILES string of the molecule is Cc1ccc(S(=O)(=O)c2c(NS(=O)(=O)c3ccc([N+](=O)[O-])cc3)n(C[C@@H]3CCCO3)c3nc4ccccc4nc23)cc1. The van der Waals surface area contributed by atoms with Gasteiger partial charge < -0.3 is 9.30 Å². The lowest BCUT2D eigenvalue weighted by atomic mass is 10.2. The number of hydrogen-bond acceptors (Lipinski definition) is 9. The number of nitrogens with one attached hydrogen (secondary N) is 1. The Hall–Kier alpha value is -4.40. The van der Waals surface area contributed by atoms with E-state index in [1.54, 1.807) is 36.4 Å². The summed E-state index contributed by atoms with van der Waals surface area (Å²) >= 11 is 0. The van der Waals surface area contributed by atoms with Crippen LogP contribution in [0.4, 0.5) is 11.5 Å². The minimum atomic E-state index is -4.43. The zero-order valence-corrected chi connectivity index (χ0v) is 23.9. The molecule has 3 heterocycles. The monoisotopic (exact) mass is 607 g/mol. The molecule has 0 radical (unpaired) electrons. The number of hydrogen-bond donors (Lipinski definition) is 1. The summed E-state index contributed by atoms with van der Waals surface area (Å²) in [5, 5.41) is 11.1. The summed E-state index contributed by atoms with van der Waals surface area (Å²) in [4.78, 5) is 19.2. The minimum Gasteiger partial charge on any atom is -0.376 e. The van der Waals surface area contributed by atoms with Gasteiger partial charge in [0.05, 0.1) is 38.4 Å². The molecule has 2 aromatic heterocycles. The van der Waals surface area contributed by atoms with E-state index >= 15 is 0 Å². The third-order valence-corrected chi connectivity index (χ3v) is 10.3. The van der Waals surface area contributed by atoms with Crippen molar-refractivity contribution in [2.75, 3.05) is 11.3 Å². The van der Waals surface area contributed by atoms with E-state index in [4.69, 9.17) is 9.72 Å². The van der Waals surface area contributed by atoms with Crippen molar-refractivity contribution in [2.24, 2.45) is 0 Å². The molecule has 42 heavy (non-hydrogen) atoms. The molecule has 0 bridgehead atoms. The van der Waals surface area contributed by atoms with Crippen molar-refractivity contribution in [3.63, 3.8) is 0 Å². The van der Waals surface area contributed by atoms with Crippen molar-refractivity contribution in [3.8, 4) is 0 Å². The largest absolute Gasteiger partial charge is 0.376 e. The maximum absolute atomic E-state index is 14.3. The number of para-hydroxylation sites is 2. The van der Waals surface area contributed by atoms with Crippen molar-refractivity contribution in [3.05, 3.63) is 88.5 Å². The second-order valence-corrected chi connectivity index (χ2v) is 13.5. The van der Waals surface area contributed by atoms with Crippen molar-refractivity contribution in [1.82, 2.24) is 14.5 Å². The van der Waals surface area contributed by atoms with Crippen LogP contribution in [-0.2, 0) is 31.1 Å². The van der Waals surface area contributed by atoms with Crippen LogP contribution in [0.25, 0.3) is 22.2 Å². The molecule has 1 fully saturated rings. The highest BCUT2D eigenvalue weighted by molar-refractivity contribution is 7.93. The molecule has 0 aliphatic carbocycles. The number of aromatic nitrogens is 3. The first-order valence-corrected chi connectivity index (χ1v) is 16.0. The van der Waals surface area contributed by atoms with E-state index in [1.807, 2.05) is 6.92 Å². The Bertz CT molecular complexity index is 2050. The summed E-state index contributed by atoms with van der Waals surface area (Å²) in [5.41, 5.74) is 1.68. The van der Waals surface area contributed by atoms with Crippen LogP contribution >= 0.6 is 0 Å². The smallest absolute Gasteiger partial charge is 0.269 e. The number of rotatable bonds is 8. The zero-order valence-electron chi connectivity index (χ0n) is 22.3. The normalized spacial score (nSPS) is 15.8. The third kappa shape index (κ3) is 4.97. The number of ether oxygens (including phenoxy) is 1. The minimum absolute atomic E-state index is 0.00803. The molecule has 6 rings (SSSR count). The molecular weight excluding hydrogens is 582 g/mol. The number of nitrogens with zero attached hydrogens (tertiary/aromatic N) is 4. The van der Waals surface area contributed by atoms with Crippen LogP contribution in [0.3, 0.4) is 0 Å². The number of non-ortho nitro benzene ring substituents is 1. The molecule has 1 aliphatic rings. The highest BCUT2D eigenvalue weighted by Gasteiger charge is 2.35. The quantitative estimate of drug-likeness (QED) is 0.196. The predicted octanol–water partition coefficient (Wildman–Crippen LogP) is 4.61. The molecule has 12 nitrogen and oxygen atoms in total. The number of aryl methyl sites for hydroxylation is 1. The third-order valence-electron chi connectivity index (χ3n) is 7.11. The molecule has 216 valence electrons. The van der Waals surface area contributed by atoms with E-state index < -0.39 is 24.8 Å². The summed E-state index contributed by atoms with van der Waals surface area (Å²) in [6.07, 6.45) is 1.18. The van der Waals surface area contributed by atoms with Gasteiger partial charge in [-0.1, -0.05) is 29.8 Å². The molecule has 1 aliphatic heterocycles. The maximum Gasteiger partial charge on any atom is 0.269 e. The second-order valence-electron chi connectivity index (χ2n) is 9.98. The summed E-state index contributed by atoms with van der Waals surface area (Å²) in [7, 11) is -8.78. The van der Waals surface area contributed by atoms with Crippen molar-refractivity contribution < 1.29 is 26.5 Å². The zero-order chi connectivity index (χ0) is 29.6. The fraction of sp³-hybridized carbons (Fsp3) is 0.214.